The number of aryl methyl sites for hydroxylation is 2. The molecule has 2 nitrogen and oxygen atoms in total. The summed E-state index contributed by atoms with van der Waals surface area (Å²) in [6.07, 6.45) is 6.72. The van der Waals surface area contributed by atoms with E-state index < -0.39 is 0 Å². The standard InChI is InChI=1S/C14H22N2/c1-10-9-11(2)15-14(12(10)3)16-13-7-5-4-6-8-13/h9,13H,4-8H2,1-3H3,(H,15,16). The van der Waals surface area contributed by atoms with E-state index in [9.17, 15) is 0 Å². The van der Waals surface area contributed by atoms with Crippen LogP contribution >= 0.6 is 0 Å². The van der Waals surface area contributed by atoms with Crippen LogP contribution in [0, 0.1) is 20.8 Å². The number of pyridine rings is 1. The number of anilines is 1. The number of hydrogen-bond acceptors (Lipinski definition) is 2. The molecule has 2 heteroatoms. The molecule has 2 rings (SSSR count). The van der Waals surface area contributed by atoms with Gasteiger partial charge in [-0.2, -0.15) is 0 Å². The molecule has 1 N–H and O–H groups in total. The molecule has 1 aliphatic carbocycles. The highest BCUT2D eigenvalue weighted by Gasteiger charge is 2.15. The Morgan fingerprint density at radius 1 is 1.12 bits per heavy atom. The fraction of sp³-hybridized carbons (Fsp3) is 0.643. The predicted octanol–water partition coefficient (Wildman–Crippen LogP) is 3.75. The third kappa shape index (κ3) is 2.55. The van der Waals surface area contributed by atoms with Crippen LogP contribution in [0.25, 0.3) is 0 Å². The van der Waals surface area contributed by atoms with Gasteiger partial charge in [-0.1, -0.05) is 19.3 Å². The number of hydrogen-bond donors (Lipinski definition) is 1. The largest absolute Gasteiger partial charge is 0.367 e. The van der Waals surface area contributed by atoms with Crippen molar-refractivity contribution in [1.29, 1.82) is 0 Å². The van der Waals surface area contributed by atoms with Gasteiger partial charge < -0.3 is 5.32 Å². The van der Waals surface area contributed by atoms with Crippen LogP contribution < -0.4 is 5.32 Å². The van der Waals surface area contributed by atoms with Gasteiger partial charge in [-0.3, -0.25) is 0 Å². The molecule has 0 spiro atoms. The van der Waals surface area contributed by atoms with E-state index in [2.05, 4.69) is 37.1 Å². The van der Waals surface area contributed by atoms with Crippen molar-refractivity contribution < 1.29 is 0 Å². The normalized spacial score (nSPS) is 17.4. The maximum atomic E-state index is 4.62. The summed E-state index contributed by atoms with van der Waals surface area (Å²) >= 11 is 0. The lowest BCUT2D eigenvalue weighted by Gasteiger charge is -2.24. The summed E-state index contributed by atoms with van der Waals surface area (Å²) in [4.78, 5) is 4.62. The second kappa shape index (κ2) is 4.86. The van der Waals surface area contributed by atoms with E-state index in [-0.39, 0.29) is 0 Å². The highest BCUT2D eigenvalue weighted by atomic mass is 15.0. The lowest BCUT2D eigenvalue weighted by atomic mass is 9.95. The molecular weight excluding hydrogens is 196 g/mol. The Morgan fingerprint density at radius 3 is 2.50 bits per heavy atom. The molecule has 0 aliphatic heterocycles. The summed E-state index contributed by atoms with van der Waals surface area (Å²) in [7, 11) is 0. The molecule has 0 atom stereocenters. The monoisotopic (exact) mass is 218 g/mol. The average molecular weight is 218 g/mol. The van der Waals surface area contributed by atoms with Crippen LogP contribution in [0.2, 0.25) is 0 Å². The van der Waals surface area contributed by atoms with E-state index in [1.165, 1.54) is 43.2 Å². The van der Waals surface area contributed by atoms with E-state index in [0.717, 1.165) is 11.5 Å². The Morgan fingerprint density at radius 2 is 1.81 bits per heavy atom. The molecule has 0 saturated heterocycles. The van der Waals surface area contributed by atoms with Gasteiger partial charge in [0.2, 0.25) is 0 Å². The molecule has 0 amide bonds. The molecule has 0 radical (unpaired) electrons. The van der Waals surface area contributed by atoms with Crippen molar-refractivity contribution in [2.45, 2.75) is 58.9 Å². The molecule has 1 heterocycles. The summed E-state index contributed by atoms with van der Waals surface area (Å²) in [6, 6.07) is 2.79. The second-order valence-electron chi connectivity index (χ2n) is 5.03. The Hall–Kier alpha value is -1.05. The Balaban J connectivity index is 2.13. The molecule has 1 aliphatic rings. The van der Waals surface area contributed by atoms with Crippen LogP contribution in [0.15, 0.2) is 6.07 Å². The lowest BCUT2D eigenvalue weighted by Crippen LogP contribution is -2.23. The van der Waals surface area contributed by atoms with Crippen LogP contribution in [0.1, 0.15) is 48.9 Å². The van der Waals surface area contributed by atoms with Crippen molar-refractivity contribution in [2.24, 2.45) is 0 Å². The first kappa shape index (κ1) is 11.4. The molecule has 88 valence electrons. The summed E-state index contributed by atoms with van der Waals surface area (Å²) in [5.41, 5.74) is 3.75. The molecule has 0 bridgehead atoms. The minimum absolute atomic E-state index is 0.640. The van der Waals surface area contributed by atoms with E-state index in [1.54, 1.807) is 0 Å². The quantitative estimate of drug-likeness (QED) is 0.817. The maximum absolute atomic E-state index is 4.62. The maximum Gasteiger partial charge on any atom is 0.129 e. The first-order valence-electron chi connectivity index (χ1n) is 6.38. The van der Waals surface area contributed by atoms with Gasteiger partial charge in [0.05, 0.1) is 0 Å². The fourth-order valence-corrected chi connectivity index (χ4v) is 2.48. The number of aromatic nitrogens is 1. The summed E-state index contributed by atoms with van der Waals surface area (Å²) < 4.78 is 0. The molecule has 16 heavy (non-hydrogen) atoms. The SMILES string of the molecule is Cc1cc(C)c(C)c(NC2CCCCC2)n1. The van der Waals surface area contributed by atoms with E-state index in [0.29, 0.717) is 6.04 Å². The minimum atomic E-state index is 0.640. The Labute approximate surface area is 98.5 Å². The van der Waals surface area contributed by atoms with Crippen molar-refractivity contribution in [3.8, 4) is 0 Å². The highest BCUT2D eigenvalue weighted by molar-refractivity contribution is 5.49. The van der Waals surface area contributed by atoms with Gasteiger partial charge >= 0.3 is 0 Å². The second-order valence-corrected chi connectivity index (χ2v) is 5.03. The van der Waals surface area contributed by atoms with Crippen LogP contribution in [0.5, 0.6) is 0 Å². The molecule has 1 aromatic heterocycles. The van der Waals surface area contributed by atoms with Gasteiger partial charge in [0.1, 0.15) is 5.82 Å². The van der Waals surface area contributed by atoms with E-state index in [4.69, 9.17) is 0 Å². The molecule has 1 aromatic rings. The third-order valence-corrected chi connectivity index (χ3v) is 3.61. The predicted molar refractivity (Wildman–Crippen MR) is 68.9 cm³/mol. The van der Waals surface area contributed by atoms with Crippen LogP contribution in [-0.2, 0) is 0 Å². The van der Waals surface area contributed by atoms with Gasteiger partial charge in [-0.25, -0.2) is 4.98 Å². The zero-order valence-electron chi connectivity index (χ0n) is 10.6. The summed E-state index contributed by atoms with van der Waals surface area (Å²) in [5.74, 6) is 1.10. The first-order chi connectivity index (χ1) is 7.66. The van der Waals surface area contributed by atoms with Gasteiger partial charge in [0.25, 0.3) is 0 Å². The molecular formula is C14H22N2. The topological polar surface area (TPSA) is 24.9 Å². The van der Waals surface area contributed by atoms with Gasteiger partial charge in [-0.05, 0) is 50.8 Å². The number of nitrogens with one attached hydrogen (secondary N) is 1. The fourth-order valence-electron chi connectivity index (χ4n) is 2.48. The highest BCUT2D eigenvalue weighted by Crippen LogP contribution is 2.24. The van der Waals surface area contributed by atoms with Gasteiger partial charge in [0, 0.05) is 11.7 Å². The number of rotatable bonds is 2. The zero-order valence-corrected chi connectivity index (χ0v) is 10.6. The molecule has 0 aromatic carbocycles. The third-order valence-electron chi connectivity index (χ3n) is 3.61. The lowest BCUT2D eigenvalue weighted by molar-refractivity contribution is 0.461. The zero-order chi connectivity index (χ0) is 11.5. The molecule has 1 fully saturated rings. The summed E-state index contributed by atoms with van der Waals surface area (Å²) in [5, 5.41) is 3.62. The van der Waals surface area contributed by atoms with Crippen LogP contribution in [0.3, 0.4) is 0 Å². The molecule has 0 unspecified atom stereocenters. The number of nitrogens with zero attached hydrogens (tertiary/aromatic N) is 1. The van der Waals surface area contributed by atoms with Crippen molar-refractivity contribution in [3.05, 3.63) is 22.9 Å². The Bertz CT molecular complexity index is 365. The van der Waals surface area contributed by atoms with E-state index in [1.807, 2.05) is 0 Å². The van der Waals surface area contributed by atoms with Crippen molar-refractivity contribution in [2.75, 3.05) is 5.32 Å². The van der Waals surface area contributed by atoms with Crippen molar-refractivity contribution in [1.82, 2.24) is 4.98 Å². The van der Waals surface area contributed by atoms with Crippen LogP contribution in [0.4, 0.5) is 5.82 Å². The van der Waals surface area contributed by atoms with Gasteiger partial charge in [-0.15, -0.1) is 0 Å². The molecule has 1 saturated carbocycles. The van der Waals surface area contributed by atoms with Gasteiger partial charge in [0.15, 0.2) is 0 Å². The van der Waals surface area contributed by atoms with Crippen molar-refractivity contribution >= 4 is 5.82 Å². The minimum Gasteiger partial charge on any atom is -0.367 e. The van der Waals surface area contributed by atoms with E-state index >= 15 is 0 Å². The smallest absolute Gasteiger partial charge is 0.129 e. The summed E-state index contributed by atoms with van der Waals surface area (Å²) in [6.45, 7) is 6.39. The average Bonchev–Trinajstić information content (AvgIpc) is 2.27. The van der Waals surface area contributed by atoms with Crippen LogP contribution in [-0.4, -0.2) is 11.0 Å². The van der Waals surface area contributed by atoms with Crippen molar-refractivity contribution in [3.63, 3.8) is 0 Å². The first-order valence-corrected chi connectivity index (χ1v) is 6.38. The Kier molecular flexibility index (Phi) is 3.47.